The number of rotatable bonds is 6. The molecule has 1 N–H and O–H groups in total. The second kappa shape index (κ2) is 7.01. The van der Waals surface area contributed by atoms with Gasteiger partial charge in [0.2, 0.25) is 10.0 Å². The third-order valence-corrected chi connectivity index (χ3v) is 4.93. The van der Waals surface area contributed by atoms with Crippen LogP contribution in [0.2, 0.25) is 0 Å². The molecule has 0 radical (unpaired) electrons. The van der Waals surface area contributed by atoms with Gasteiger partial charge in [0.25, 0.3) is 0 Å². The summed E-state index contributed by atoms with van der Waals surface area (Å²) in [5, 5.41) is 8.60. The SMILES string of the molecule is COC(=O)c1cc(Br)cc(S(=O)(=O)N(C)CCC(=O)O)c1. The minimum atomic E-state index is -3.89. The highest BCUT2D eigenvalue weighted by molar-refractivity contribution is 9.10. The lowest BCUT2D eigenvalue weighted by molar-refractivity contribution is -0.137. The summed E-state index contributed by atoms with van der Waals surface area (Å²) < 4.78 is 30.5. The molecule has 0 saturated heterocycles. The van der Waals surface area contributed by atoms with Crippen LogP contribution in [0.15, 0.2) is 27.6 Å². The third-order valence-electron chi connectivity index (χ3n) is 2.64. The van der Waals surface area contributed by atoms with E-state index < -0.39 is 22.0 Å². The number of ether oxygens (including phenoxy) is 1. The zero-order chi connectivity index (χ0) is 16.2. The first-order chi connectivity index (χ1) is 9.68. The van der Waals surface area contributed by atoms with Crippen molar-refractivity contribution in [1.29, 1.82) is 0 Å². The molecule has 0 atom stereocenters. The van der Waals surface area contributed by atoms with Gasteiger partial charge in [-0.1, -0.05) is 15.9 Å². The number of sulfonamides is 1. The smallest absolute Gasteiger partial charge is 0.337 e. The maximum absolute atomic E-state index is 12.3. The van der Waals surface area contributed by atoms with E-state index in [4.69, 9.17) is 5.11 Å². The van der Waals surface area contributed by atoms with Crippen molar-refractivity contribution >= 4 is 37.9 Å². The number of nitrogens with zero attached hydrogens (tertiary/aromatic N) is 1. The van der Waals surface area contributed by atoms with Crippen molar-refractivity contribution < 1.29 is 27.9 Å². The topological polar surface area (TPSA) is 101 Å². The predicted molar refractivity (Wildman–Crippen MR) is 77.6 cm³/mol. The molecule has 21 heavy (non-hydrogen) atoms. The quantitative estimate of drug-likeness (QED) is 0.748. The molecule has 0 unspecified atom stereocenters. The highest BCUT2D eigenvalue weighted by atomic mass is 79.9. The Morgan fingerprint density at radius 2 is 1.95 bits per heavy atom. The van der Waals surface area contributed by atoms with Gasteiger partial charge in [-0.05, 0) is 18.2 Å². The van der Waals surface area contributed by atoms with E-state index in [1.807, 2.05) is 0 Å². The molecule has 9 heteroatoms. The molecule has 0 heterocycles. The van der Waals surface area contributed by atoms with Gasteiger partial charge < -0.3 is 9.84 Å². The summed E-state index contributed by atoms with van der Waals surface area (Å²) in [5.74, 6) is -1.76. The van der Waals surface area contributed by atoms with E-state index in [0.29, 0.717) is 4.47 Å². The zero-order valence-corrected chi connectivity index (χ0v) is 13.8. The van der Waals surface area contributed by atoms with Crippen LogP contribution in [0, 0.1) is 0 Å². The van der Waals surface area contributed by atoms with Gasteiger partial charge in [0, 0.05) is 18.1 Å². The largest absolute Gasteiger partial charge is 0.481 e. The Labute approximate surface area is 130 Å². The average Bonchev–Trinajstić information content (AvgIpc) is 2.42. The summed E-state index contributed by atoms with van der Waals surface area (Å²) in [6.45, 7) is -0.169. The highest BCUT2D eigenvalue weighted by Crippen LogP contribution is 2.22. The lowest BCUT2D eigenvalue weighted by Crippen LogP contribution is -2.29. The summed E-state index contributed by atoms with van der Waals surface area (Å²) in [6, 6.07) is 3.95. The molecular weight excluding hydrogens is 366 g/mol. The molecule has 0 aliphatic carbocycles. The van der Waals surface area contributed by atoms with Crippen LogP contribution >= 0.6 is 15.9 Å². The van der Waals surface area contributed by atoms with Gasteiger partial charge in [0.15, 0.2) is 0 Å². The standard InChI is InChI=1S/C12H14BrNO6S/c1-14(4-3-11(15)16)21(18,19)10-6-8(12(17)20-2)5-9(13)7-10/h5-7H,3-4H2,1-2H3,(H,15,16). The molecule has 0 aliphatic rings. The van der Waals surface area contributed by atoms with Crippen LogP contribution in [-0.4, -0.2) is 50.5 Å². The van der Waals surface area contributed by atoms with Crippen LogP contribution in [0.1, 0.15) is 16.8 Å². The van der Waals surface area contributed by atoms with E-state index in [1.54, 1.807) is 0 Å². The summed E-state index contributed by atoms with van der Waals surface area (Å²) in [5.41, 5.74) is 0.0806. The minimum absolute atomic E-state index is 0.0806. The molecule has 0 bridgehead atoms. The van der Waals surface area contributed by atoms with Crippen LogP contribution in [0.3, 0.4) is 0 Å². The Balaban J connectivity index is 3.16. The number of carboxylic acids is 1. The van der Waals surface area contributed by atoms with Crippen LogP contribution in [0.4, 0.5) is 0 Å². The molecule has 1 rings (SSSR count). The number of carboxylic acid groups (broad SMARTS) is 1. The number of aliphatic carboxylic acids is 1. The molecule has 0 saturated carbocycles. The molecule has 0 amide bonds. The molecule has 0 aromatic heterocycles. The van der Waals surface area contributed by atoms with Gasteiger partial charge in [-0.3, -0.25) is 4.79 Å². The van der Waals surface area contributed by atoms with Gasteiger partial charge >= 0.3 is 11.9 Å². The summed E-state index contributed by atoms with van der Waals surface area (Å²) in [7, 11) is -1.42. The van der Waals surface area contributed by atoms with Gasteiger partial charge in [-0.25, -0.2) is 17.5 Å². The van der Waals surface area contributed by atoms with Gasteiger partial charge in [0.1, 0.15) is 0 Å². The van der Waals surface area contributed by atoms with Crippen molar-refractivity contribution in [2.45, 2.75) is 11.3 Å². The van der Waals surface area contributed by atoms with Gasteiger partial charge in [-0.2, -0.15) is 0 Å². The number of hydrogen-bond donors (Lipinski definition) is 1. The van der Waals surface area contributed by atoms with Crippen LogP contribution in [0.5, 0.6) is 0 Å². The lowest BCUT2D eigenvalue weighted by Gasteiger charge is -2.16. The Hall–Kier alpha value is -1.45. The summed E-state index contributed by atoms with van der Waals surface area (Å²) in [6.07, 6.45) is -0.312. The summed E-state index contributed by atoms with van der Waals surface area (Å²) in [4.78, 5) is 21.9. The Kier molecular flexibility index (Phi) is 5.87. The lowest BCUT2D eigenvalue weighted by atomic mass is 10.2. The second-order valence-electron chi connectivity index (χ2n) is 4.14. The third kappa shape index (κ3) is 4.51. The number of carbonyl (C=O) groups is 2. The molecular formula is C12H14BrNO6S. The van der Waals surface area contributed by atoms with Crippen LogP contribution < -0.4 is 0 Å². The monoisotopic (exact) mass is 379 g/mol. The fraction of sp³-hybridized carbons (Fsp3) is 0.333. The van der Waals surface area contributed by atoms with Crippen molar-refractivity contribution in [3.8, 4) is 0 Å². The van der Waals surface area contributed by atoms with Crippen molar-refractivity contribution in [3.05, 3.63) is 28.2 Å². The molecule has 1 aromatic carbocycles. The molecule has 0 fully saturated rings. The number of carbonyl (C=O) groups excluding carboxylic acids is 1. The first kappa shape index (κ1) is 17.6. The van der Waals surface area contributed by atoms with Crippen LogP contribution in [0.25, 0.3) is 0 Å². The number of esters is 1. The Morgan fingerprint density at radius 3 is 2.48 bits per heavy atom. The normalized spacial score (nSPS) is 11.4. The fourth-order valence-corrected chi connectivity index (χ4v) is 3.39. The second-order valence-corrected chi connectivity index (χ2v) is 7.10. The van der Waals surface area contributed by atoms with E-state index in [1.165, 1.54) is 32.4 Å². The molecule has 0 aliphatic heterocycles. The van der Waals surface area contributed by atoms with E-state index in [-0.39, 0.29) is 23.4 Å². The minimum Gasteiger partial charge on any atom is -0.481 e. The van der Waals surface area contributed by atoms with E-state index in [9.17, 15) is 18.0 Å². The van der Waals surface area contributed by atoms with Crippen molar-refractivity contribution in [2.75, 3.05) is 20.7 Å². The number of methoxy groups -OCH3 is 1. The molecule has 116 valence electrons. The predicted octanol–water partition coefficient (Wildman–Crippen LogP) is 1.33. The van der Waals surface area contributed by atoms with Crippen molar-refractivity contribution in [2.24, 2.45) is 0 Å². The fourth-order valence-electron chi connectivity index (χ4n) is 1.50. The maximum atomic E-state index is 12.3. The average molecular weight is 380 g/mol. The molecule has 1 aromatic rings. The summed E-state index contributed by atoms with van der Waals surface area (Å²) >= 11 is 3.13. The zero-order valence-electron chi connectivity index (χ0n) is 11.4. The van der Waals surface area contributed by atoms with E-state index in [0.717, 1.165) is 4.31 Å². The molecule has 7 nitrogen and oxygen atoms in total. The number of benzene rings is 1. The Morgan fingerprint density at radius 1 is 1.33 bits per heavy atom. The first-order valence-corrected chi connectivity index (χ1v) is 7.99. The van der Waals surface area contributed by atoms with E-state index in [2.05, 4.69) is 20.7 Å². The van der Waals surface area contributed by atoms with Crippen molar-refractivity contribution in [1.82, 2.24) is 4.31 Å². The number of hydrogen-bond acceptors (Lipinski definition) is 5. The molecule has 0 spiro atoms. The maximum Gasteiger partial charge on any atom is 0.337 e. The highest BCUT2D eigenvalue weighted by Gasteiger charge is 2.23. The van der Waals surface area contributed by atoms with Gasteiger partial charge in [-0.15, -0.1) is 0 Å². The van der Waals surface area contributed by atoms with E-state index >= 15 is 0 Å². The van der Waals surface area contributed by atoms with Gasteiger partial charge in [0.05, 0.1) is 24.0 Å². The van der Waals surface area contributed by atoms with Crippen LogP contribution in [-0.2, 0) is 19.6 Å². The van der Waals surface area contributed by atoms with Crippen molar-refractivity contribution in [3.63, 3.8) is 0 Å². The number of halogens is 1. The Bertz CT molecular complexity index is 658. The first-order valence-electron chi connectivity index (χ1n) is 5.75.